The molecule has 0 aromatic heterocycles. The molecule has 2 aromatic carbocycles. The van der Waals surface area contributed by atoms with Gasteiger partial charge in [0.2, 0.25) is 11.8 Å². The highest BCUT2D eigenvalue weighted by Gasteiger charge is 2.58. The third-order valence-electron chi connectivity index (χ3n) is 5.05. The van der Waals surface area contributed by atoms with Crippen LogP contribution >= 0.6 is 15.9 Å². The van der Waals surface area contributed by atoms with Crippen molar-refractivity contribution in [2.45, 2.75) is 25.7 Å². The molecule has 2 aromatic rings. The summed E-state index contributed by atoms with van der Waals surface area (Å²) in [7, 11) is 0. The summed E-state index contributed by atoms with van der Waals surface area (Å²) in [4.78, 5) is 27.8. The van der Waals surface area contributed by atoms with Crippen LogP contribution < -0.4 is 10.2 Å². The first-order valence-electron chi connectivity index (χ1n) is 8.57. The highest BCUT2D eigenvalue weighted by atomic mass is 79.9. The molecule has 0 unspecified atom stereocenters. The first kappa shape index (κ1) is 16.3. The van der Waals surface area contributed by atoms with E-state index in [1.54, 1.807) is 0 Å². The zero-order valence-electron chi connectivity index (χ0n) is 13.8. The molecule has 0 spiro atoms. The van der Waals surface area contributed by atoms with Gasteiger partial charge in [0.25, 0.3) is 0 Å². The van der Waals surface area contributed by atoms with Crippen LogP contribution in [0.3, 0.4) is 0 Å². The van der Waals surface area contributed by atoms with Crippen LogP contribution in [0.15, 0.2) is 53.0 Å². The fourth-order valence-electron chi connectivity index (χ4n) is 3.45. The summed E-state index contributed by atoms with van der Waals surface area (Å²) in [5.74, 6) is -0.253. The second-order valence-electron chi connectivity index (χ2n) is 6.73. The van der Waals surface area contributed by atoms with Crippen molar-refractivity contribution in [3.05, 3.63) is 58.6 Å². The van der Waals surface area contributed by atoms with E-state index in [0.717, 1.165) is 23.0 Å². The van der Waals surface area contributed by atoms with Crippen LogP contribution in [0.2, 0.25) is 0 Å². The highest BCUT2D eigenvalue weighted by molar-refractivity contribution is 9.10. The van der Waals surface area contributed by atoms with Gasteiger partial charge < -0.3 is 10.2 Å². The Morgan fingerprint density at radius 1 is 1.04 bits per heavy atom. The predicted molar refractivity (Wildman–Crippen MR) is 102 cm³/mol. The molecule has 1 aliphatic carbocycles. The quantitative estimate of drug-likeness (QED) is 0.789. The largest absolute Gasteiger partial charge is 0.325 e. The number of hydrogen-bond acceptors (Lipinski definition) is 2. The third kappa shape index (κ3) is 2.97. The number of nitrogens with zero attached hydrogens (tertiary/aromatic N) is 1. The van der Waals surface area contributed by atoms with Gasteiger partial charge in [0.05, 0.1) is 0 Å². The van der Waals surface area contributed by atoms with E-state index in [9.17, 15) is 9.59 Å². The van der Waals surface area contributed by atoms with Gasteiger partial charge in [0, 0.05) is 22.4 Å². The number of carbonyl (C=O) groups excluding carboxylic acids is 2. The van der Waals surface area contributed by atoms with Crippen molar-refractivity contribution in [3.63, 3.8) is 0 Å². The maximum Gasteiger partial charge on any atom is 0.242 e. The molecule has 4 rings (SSSR count). The van der Waals surface area contributed by atoms with Gasteiger partial charge in [-0.25, -0.2) is 0 Å². The fourth-order valence-corrected chi connectivity index (χ4v) is 3.71. The number of rotatable bonds is 3. The monoisotopic (exact) mass is 398 g/mol. The van der Waals surface area contributed by atoms with E-state index in [1.807, 2.05) is 47.4 Å². The number of aryl methyl sites for hydroxylation is 1. The van der Waals surface area contributed by atoms with E-state index in [4.69, 9.17) is 0 Å². The predicted octanol–water partition coefficient (Wildman–Crippen LogP) is 4.15. The van der Waals surface area contributed by atoms with Gasteiger partial charge in [-0.05, 0) is 61.6 Å². The maximum atomic E-state index is 13.2. The Hall–Kier alpha value is -2.14. The lowest BCUT2D eigenvalue weighted by Crippen LogP contribution is -2.45. The minimum atomic E-state index is -0.905. The number of para-hydroxylation sites is 1. The average molecular weight is 399 g/mol. The second-order valence-corrected chi connectivity index (χ2v) is 7.65. The number of hydrogen-bond donors (Lipinski definition) is 1. The zero-order valence-corrected chi connectivity index (χ0v) is 15.4. The van der Waals surface area contributed by atoms with E-state index in [1.165, 1.54) is 5.56 Å². The van der Waals surface area contributed by atoms with E-state index < -0.39 is 5.41 Å². The molecule has 1 heterocycles. The van der Waals surface area contributed by atoms with Crippen molar-refractivity contribution in [2.24, 2.45) is 5.41 Å². The number of fused-ring (bicyclic) bond motifs is 1. The summed E-state index contributed by atoms with van der Waals surface area (Å²) < 4.78 is 0.952. The van der Waals surface area contributed by atoms with Crippen LogP contribution in [0.4, 0.5) is 11.4 Å². The SMILES string of the molecule is O=C(Nc1ccc(Br)cc1)C1(C(=O)N2CCCc3ccccc32)CC1. The maximum absolute atomic E-state index is 13.2. The Morgan fingerprint density at radius 3 is 2.48 bits per heavy atom. The van der Waals surface area contributed by atoms with Crippen LogP contribution in [0.25, 0.3) is 0 Å². The lowest BCUT2D eigenvalue weighted by molar-refractivity contribution is -0.132. The van der Waals surface area contributed by atoms with Gasteiger partial charge in [0.1, 0.15) is 5.41 Å². The first-order valence-corrected chi connectivity index (χ1v) is 9.36. The summed E-state index contributed by atoms with van der Waals surface area (Å²) in [5.41, 5.74) is 1.95. The fraction of sp³-hybridized carbons (Fsp3) is 0.300. The van der Waals surface area contributed by atoms with Crippen LogP contribution in [-0.4, -0.2) is 18.4 Å². The van der Waals surface area contributed by atoms with Crippen LogP contribution in [0.1, 0.15) is 24.8 Å². The molecule has 0 saturated heterocycles. The Morgan fingerprint density at radius 2 is 1.76 bits per heavy atom. The number of anilines is 2. The summed E-state index contributed by atoms with van der Waals surface area (Å²) in [6.45, 7) is 0.684. The number of carbonyl (C=O) groups is 2. The Kier molecular flexibility index (Phi) is 4.12. The zero-order chi connectivity index (χ0) is 17.4. The number of nitrogens with one attached hydrogen (secondary N) is 1. The van der Waals surface area contributed by atoms with Crippen molar-refractivity contribution in [2.75, 3.05) is 16.8 Å². The first-order chi connectivity index (χ1) is 12.1. The van der Waals surface area contributed by atoms with E-state index in [2.05, 4.69) is 27.3 Å². The van der Waals surface area contributed by atoms with Crippen LogP contribution in [0.5, 0.6) is 0 Å². The van der Waals surface area contributed by atoms with Gasteiger partial charge >= 0.3 is 0 Å². The Balaban J connectivity index is 1.56. The van der Waals surface area contributed by atoms with Crippen molar-refractivity contribution in [3.8, 4) is 0 Å². The molecule has 128 valence electrons. The van der Waals surface area contributed by atoms with E-state index in [0.29, 0.717) is 25.1 Å². The van der Waals surface area contributed by atoms with Crippen LogP contribution in [0, 0.1) is 5.41 Å². The van der Waals surface area contributed by atoms with Gasteiger partial charge in [-0.3, -0.25) is 9.59 Å². The molecule has 2 aliphatic rings. The summed E-state index contributed by atoms with van der Waals surface area (Å²) in [6, 6.07) is 15.4. The van der Waals surface area contributed by atoms with Crippen molar-refractivity contribution >= 4 is 39.1 Å². The van der Waals surface area contributed by atoms with Gasteiger partial charge in [-0.1, -0.05) is 34.1 Å². The standard InChI is InChI=1S/C20H19BrN2O2/c21-15-7-9-16(10-8-15)22-18(24)20(11-12-20)19(25)23-13-3-5-14-4-1-2-6-17(14)23/h1-2,4,6-10H,3,5,11-13H2,(H,22,24). The lowest BCUT2D eigenvalue weighted by Gasteiger charge is -2.32. The van der Waals surface area contributed by atoms with Crippen LogP contribution in [-0.2, 0) is 16.0 Å². The normalized spacial score (nSPS) is 17.6. The van der Waals surface area contributed by atoms with Crippen molar-refractivity contribution in [1.82, 2.24) is 0 Å². The lowest BCUT2D eigenvalue weighted by atomic mass is 9.97. The molecular weight excluding hydrogens is 380 g/mol. The molecular formula is C20H19BrN2O2. The molecule has 1 N–H and O–H groups in total. The second kappa shape index (κ2) is 6.30. The van der Waals surface area contributed by atoms with Gasteiger partial charge in [0.15, 0.2) is 0 Å². The highest BCUT2D eigenvalue weighted by Crippen LogP contribution is 2.49. The number of amides is 2. The summed E-state index contributed by atoms with van der Waals surface area (Å²) >= 11 is 3.38. The number of halogens is 1. The van der Waals surface area contributed by atoms with Crippen molar-refractivity contribution < 1.29 is 9.59 Å². The Labute approximate surface area is 155 Å². The molecule has 2 amide bonds. The summed E-state index contributed by atoms with van der Waals surface area (Å²) in [6.07, 6.45) is 3.16. The molecule has 1 saturated carbocycles. The number of benzene rings is 2. The molecule has 5 heteroatoms. The van der Waals surface area contributed by atoms with E-state index in [-0.39, 0.29) is 11.8 Å². The smallest absolute Gasteiger partial charge is 0.242 e. The van der Waals surface area contributed by atoms with E-state index >= 15 is 0 Å². The molecule has 0 bridgehead atoms. The molecule has 0 radical (unpaired) electrons. The summed E-state index contributed by atoms with van der Waals surface area (Å²) in [5, 5.41) is 2.91. The molecule has 25 heavy (non-hydrogen) atoms. The third-order valence-corrected chi connectivity index (χ3v) is 5.58. The topological polar surface area (TPSA) is 49.4 Å². The average Bonchev–Trinajstić information content (AvgIpc) is 3.44. The molecule has 0 atom stereocenters. The molecule has 1 aliphatic heterocycles. The molecule has 4 nitrogen and oxygen atoms in total. The van der Waals surface area contributed by atoms with Gasteiger partial charge in [-0.2, -0.15) is 0 Å². The minimum absolute atomic E-state index is 0.0609. The van der Waals surface area contributed by atoms with Gasteiger partial charge in [-0.15, -0.1) is 0 Å². The minimum Gasteiger partial charge on any atom is -0.325 e. The Bertz CT molecular complexity index is 828. The molecule has 1 fully saturated rings. The van der Waals surface area contributed by atoms with Crippen molar-refractivity contribution in [1.29, 1.82) is 0 Å².